The second-order valence-electron chi connectivity index (χ2n) is 8.34. The summed E-state index contributed by atoms with van der Waals surface area (Å²) in [7, 11) is 1.68. The summed E-state index contributed by atoms with van der Waals surface area (Å²) in [6.07, 6.45) is 2.73. The first-order chi connectivity index (χ1) is 13.0. The fourth-order valence-corrected chi connectivity index (χ4v) is 4.53. The SMILES string of the molecule is COCCn1nc(C2CCOCC2)nc1C1(c2ccccc2F)CC1(C)C. The summed E-state index contributed by atoms with van der Waals surface area (Å²) in [5, 5.41) is 4.85. The van der Waals surface area contributed by atoms with Gasteiger partial charge in [-0.1, -0.05) is 32.0 Å². The topological polar surface area (TPSA) is 49.2 Å². The molecule has 1 saturated heterocycles. The van der Waals surface area contributed by atoms with Crippen LogP contribution in [0.4, 0.5) is 4.39 Å². The molecule has 5 nitrogen and oxygen atoms in total. The van der Waals surface area contributed by atoms with Gasteiger partial charge in [0.05, 0.1) is 18.6 Å². The summed E-state index contributed by atoms with van der Waals surface area (Å²) in [6, 6.07) is 7.09. The predicted octanol–water partition coefficient (Wildman–Crippen LogP) is 3.67. The number of hydrogen-bond acceptors (Lipinski definition) is 4. The third-order valence-electron chi connectivity index (χ3n) is 6.23. The summed E-state index contributed by atoms with van der Waals surface area (Å²) in [5.41, 5.74) is 0.210. The van der Waals surface area contributed by atoms with Gasteiger partial charge in [-0.3, -0.25) is 0 Å². The number of nitrogens with zero attached hydrogens (tertiary/aromatic N) is 3. The van der Waals surface area contributed by atoms with Gasteiger partial charge in [-0.05, 0) is 30.7 Å². The minimum absolute atomic E-state index is 0.0694. The van der Waals surface area contributed by atoms with Gasteiger partial charge < -0.3 is 9.47 Å². The Morgan fingerprint density at radius 3 is 2.59 bits per heavy atom. The maximum atomic E-state index is 14.8. The maximum Gasteiger partial charge on any atom is 0.154 e. The molecule has 1 aromatic carbocycles. The normalized spacial score (nSPS) is 24.9. The Labute approximate surface area is 159 Å². The van der Waals surface area contributed by atoms with E-state index in [1.165, 1.54) is 0 Å². The van der Waals surface area contributed by atoms with E-state index in [-0.39, 0.29) is 11.2 Å². The smallest absolute Gasteiger partial charge is 0.154 e. The van der Waals surface area contributed by atoms with Crippen molar-refractivity contribution in [3.8, 4) is 0 Å². The molecule has 0 radical (unpaired) electrons. The lowest BCUT2D eigenvalue weighted by molar-refractivity contribution is 0.0834. The van der Waals surface area contributed by atoms with Crippen LogP contribution in [-0.4, -0.2) is 41.7 Å². The van der Waals surface area contributed by atoms with Gasteiger partial charge in [0.1, 0.15) is 11.6 Å². The highest BCUT2D eigenvalue weighted by Gasteiger charge is 2.66. The van der Waals surface area contributed by atoms with Gasteiger partial charge in [0, 0.05) is 31.8 Å². The lowest BCUT2D eigenvalue weighted by Gasteiger charge is -2.22. The molecule has 6 heteroatoms. The molecule has 1 unspecified atom stereocenters. The Bertz CT molecular complexity index is 814. The van der Waals surface area contributed by atoms with Crippen LogP contribution >= 0.6 is 0 Å². The number of hydrogen-bond donors (Lipinski definition) is 0. The van der Waals surface area contributed by atoms with E-state index in [0.29, 0.717) is 19.1 Å². The average molecular weight is 373 g/mol. The van der Waals surface area contributed by atoms with Gasteiger partial charge in [0.25, 0.3) is 0 Å². The van der Waals surface area contributed by atoms with Crippen LogP contribution in [0.2, 0.25) is 0 Å². The molecule has 0 N–H and O–H groups in total. The molecule has 1 aliphatic carbocycles. The lowest BCUT2D eigenvalue weighted by Crippen LogP contribution is -2.24. The molecule has 0 spiro atoms. The third kappa shape index (κ3) is 3.09. The lowest BCUT2D eigenvalue weighted by atomic mass is 9.86. The first kappa shape index (κ1) is 18.6. The Kier molecular flexibility index (Phi) is 4.80. The molecule has 1 atom stereocenters. The molecule has 1 saturated carbocycles. The van der Waals surface area contributed by atoms with Gasteiger partial charge in [0.2, 0.25) is 0 Å². The minimum atomic E-state index is -0.442. The van der Waals surface area contributed by atoms with Crippen molar-refractivity contribution in [1.29, 1.82) is 0 Å². The largest absolute Gasteiger partial charge is 0.383 e. The number of rotatable bonds is 6. The number of halogens is 1. The number of aromatic nitrogens is 3. The molecule has 2 fully saturated rings. The second-order valence-corrected chi connectivity index (χ2v) is 8.34. The van der Waals surface area contributed by atoms with Crippen LogP contribution < -0.4 is 0 Å². The number of ether oxygens (including phenoxy) is 2. The number of benzene rings is 1. The van der Waals surface area contributed by atoms with Crippen molar-refractivity contribution in [2.45, 2.75) is 51.0 Å². The Morgan fingerprint density at radius 2 is 1.96 bits per heavy atom. The zero-order valence-corrected chi connectivity index (χ0v) is 16.4. The monoisotopic (exact) mass is 373 g/mol. The molecule has 0 bridgehead atoms. The van der Waals surface area contributed by atoms with Crippen LogP contribution in [-0.2, 0) is 21.4 Å². The van der Waals surface area contributed by atoms with Gasteiger partial charge in [-0.15, -0.1) is 0 Å². The van der Waals surface area contributed by atoms with Gasteiger partial charge in [-0.2, -0.15) is 5.10 Å². The van der Waals surface area contributed by atoms with Gasteiger partial charge in [0.15, 0.2) is 5.82 Å². The average Bonchev–Trinajstić information content (AvgIpc) is 3.03. The van der Waals surface area contributed by atoms with Gasteiger partial charge >= 0.3 is 0 Å². The zero-order valence-electron chi connectivity index (χ0n) is 16.4. The van der Waals surface area contributed by atoms with Crippen molar-refractivity contribution in [3.05, 3.63) is 47.3 Å². The molecular weight excluding hydrogens is 345 g/mol. The molecule has 4 rings (SSSR count). The molecule has 2 aliphatic rings. The van der Waals surface area contributed by atoms with Gasteiger partial charge in [-0.25, -0.2) is 14.1 Å². The minimum Gasteiger partial charge on any atom is -0.383 e. The first-order valence-corrected chi connectivity index (χ1v) is 9.76. The molecular formula is C21H28FN3O2. The number of methoxy groups -OCH3 is 1. The van der Waals surface area contributed by atoms with Crippen molar-refractivity contribution < 1.29 is 13.9 Å². The van der Waals surface area contributed by atoms with E-state index in [0.717, 1.165) is 49.7 Å². The first-order valence-electron chi connectivity index (χ1n) is 9.76. The van der Waals surface area contributed by atoms with Crippen molar-refractivity contribution in [1.82, 2.24) is 14.8 Å². The predicted molar refractivity (Wildman–Crippen MR) is 100 cm³/mol. The molecule has 2 heterocycles. The van der Waals surface area contributed by atoms with E-state index >= 15 is 0 Å². The highest BCUT2D eigenvalue weighted by Crippen LogP contribution is 2.67. The summed E-state index contributed by atoms with van der Waals surface area (Å²) in [5.74, 6) is 1.87. The van der Waals surface area contributed by atoms with Crippen LogP contribution in [0.1, 0.15) is 56.2 Å². The molecule has 27 heavy (non-hydrogen) atoms. The van der Waals surface area contributed by atoms with Crippen LogP contribution in [0, 0.1) is 11.2 Å². The summed E-state index contributed by atoms with van der Waals surface area (Å²) < 4.78 is 27.5. The van der Waals surface area contributed by atoms with Crippen LogP contribution in [0.3, 0.4) is 0 Å². The summed E-state index contributed by atoms with van der Waals surface area (Å²) in [6.45, 7) is 7.03. The molecule has 146 valence electrons. The fraction of sp³-hybridized carbons (Fsp3) is 0.619. The van der Waals surface area contributed by atoms with E-state index in [2.05, 4.69) is 13.8 Å². The Balaban J connectivity index is 1.80. The van der Waals surface area contributed by atoms with Crippen molar-refractivity contribution in [3.63, 3.8) is 0 Å². The maximum absolute atomic E-state index is 14.8. The van der Waals surface area contributed by atoms with E-state index in [4.69, 9.17) is 19.6 Å². The van der Waals surface area contributed by atoms with Crippen molar-refractivity contribution in [2.24, 2.45) is 5.41 Å². The van der Waals surface area contributed by atoms with Crippen LogP contribution in [0.25, 0.3) is 0 Å². The van der Waals surface area contributed by atoms with Crippen LogP contribution in [0.15, 0.2) is 24.3 Å². The Morgan fingerprint density at radius 1 is 1.26 bits per heavy atom. The van der Waals surface area contributed by atoms with E-state index < -0.39 is 5.41 Å². The molecule has 1 aliphatic heterocycles. The standard InChI is InChI=1S/C21H28FN3O2/c1-20(2)14-21(20,16-6-4-5-7-17(16)22)19-23-18(15-8-11-27-12-9-15)24-25(19)10-13-26-3/h4-7,15H,8-14H2,1-3H3. The van der Waals surface area contributed by atoms with E-state index in [1.807, 2.05) is 16.8 Å². The van der Waals surface area contributed by atoms with Crippen LogP contribution in [0.5, 0.6) is 0 Å². The highest BCUT2D eigenvalue weighted by molar-refractivity contribution is 5.46. The summed E-state index contributed by atoms with van der Waals surface area (Å²) >= 11 is 0. The summed E-state index contributed by atoms with van der Waals surface area (Å²) in [4.78, 5) is 5.01. The Hall–Kier alpha value is -1.79. The van der Waals surface area contributed by atoms with Crippen molar-refractivity contribution in [2.75, 3.05) is 26.9 Å². The third-order valence-corrected chi connectivity index (χ3v) is 6.23. The van der Waals surface area contributed by atoms with Crippen molar-refractivity contribution >= 4 is 0 Å². The quantitative estimate of drug-likeness (QED) is 0.775. The molecule has 1 aromatic heterocycles. The van der Waals surface area contributed by atoms with E-state index in [1.54, 1.807) is 19.2 Å². The fourth-order valence-electron chi connectivity index (χ4n) is 4.53. The molecule has 2 aromatic rings. The second kappa shape index (κ2) is 6.99. The van der Waals surface area contributed by atoms with E-state index in [9.17, 15) is 4.39 Å². The highest BCUT2D eigenvalue weighted by atomic mass is 19.1. The zero-order chi connectivity index (χ0) is 19.1. The molecule has 0 amide bonds.